The molecule has 0 bridgehead atoms. The lowest BCUT2D eigenvalue weighted by Gasteiger charge is -2.10. The van der Waals surface area contributed by atoms with E-state index < -0.39 is 15.8 Å². The third-order valence-corrected chi connectivity index (χ3v) is 3.76. The molecule has 0 saturated carbocycles. The number of ether oxygens (including phenoxy) is 1. The van der Waals surface area contributed by atoms with Crippen LogP contribution in [-0.2, 0) is 9.84 Å². The summed E-state index contributed by atoms with van der Waals surface area (Å²) in [4.78, 5) is 11.0. The predicted molar refractivity (Wildman–Crippen MR) is 70.9 cm³/mol. The summed E-state index contributed by atoms with van der Waals surface area (Å²) >= 11 is 3.20. The minimum atomic E-state index is -3.02. The van der Waals surface area contributed by atoms with Crippen molar-refractivity contribution in [1.82, 2.24) is 0 Å². The van der Waals surface area contributed by atoms with Crippen LogP contribution in [0.3, 0.4) is 0 Å². The fraction of sp³-hybridized carbons (Fsp3) is 0.364. The number of hydrogen-bond acceptors (Lipinski definition) is 4. The first kappa shape index (κ1) is 15.0. The summed E-state index contributed by atoms with van der Waals surface area (Å²) in [6.45, 7) is 0.149. The van der Waals surface area contributed by atoms with Crippen molar-refractivity contribution in [2.24, 2.45) is 0 Å². The first-order valence-electron chi connectivity index (χ1n) is 5.13. The Morgan fingerprint density at radius 3 is 2.67 bits per heavy atom. The Kier molecular flexibility index (Phi) is 5.15. The number of benzene rings is 1. The lowest BCUT2D eigenvalue weighted by atomic mass is 10.2. The first-order chi connectivity index (χ1) is 8.31. The lowest BCUT2D eigenvalue weighted by Crippen LogP contribution is -2.10. The number of sulfone groups is 1. The Morgan fingerprint density at radius 1 is 1.44 bits per heavy atom. The van der Waals surface area contributed by atoms with Gasteiger partial charge in [0.05, 0.1) is 16.8 Å². The number of para-hydroxylation sites is 1. The van der Waals surface area contributed by atoms with Gasteiger partial charge in [0.2, 0.25) is 0 Å². The van der Waals surface area contributed by atoms with Gasteiger partial charge in [-0.15, -0.1) is 0 Å². The van der Waals surface area contributed by atoms with Crippen molar-refractivity contribution >= 4 is 31.7 Å². The van der Waals surface area contributed by atoms with Crippen LogP contribution in [0.5, 0.6) is 5.75 Å². The molecule has 0 heterocycles. The van der Waals surface area contributed by atoms with Gasteiger partial charge in [-0.05, 0) is 34.5 Å². The second-order valence-electron chi connectivity index (χ2n) is 3.75. The zero-order valence-corrected chi connectivity index (χ0v) is 12.1. The van der Waals surface area contributed by atoms with E-state index in [1.807, 2.05) is 0 Å². The Balaban J connectivity index is 2.70. The van der Waals surface area contributed by atoms with Crippen molar-refractivity contribution < 1.29 is 23.1 Å². The van der Waals surface area contributed by atoms with E-state index in [1.165, 1.54) is 6.07 Å². The van der Waals surface area contributed by atoms with E-state index in [2.05, 4.69) is 15.9 Å². The average Bonchev–Trinajstić information content (AvgIpc) is 2.24. The van der Waals surface area contributed by atoms with Crippen molar-refractivity contribution in [3.63, 3.8) is 0 Å². The molecule has 100 valence electrons. The molecule has 0 aliphatic rings. The fourth-order valence-electron chi connectivity index (χ4n) is 1.32. The minimum Gasteiger partial charge on any atom is -0.491 e. The van der Waals surface area contributed by atoms with Crippen LogP contribution >= 0.6 is 15.9 Å². The van der Waals surface area contributed by atoms with Gasteiger partial charge in [-0.1, -0.05) is 6.07 Å². The first-order valence-corrected chi connectivity index (χ1v) is 7.99. The van der Waals surface area contributed by atoms with Crippen LogP contribution in [0.25, 0.3) is 0 Å². The molecule has 7 heteroatoms. The number of carbonyl (C=O) groups is 1. The van der Waals surface area contributed by atoms with Crippen LogP contribution in [0, 0.1) is 0 Å². The van der Waals surface area contributed by atoms with Gasteiger partial charge in [-0.3, -0.25) is 0 Å². The monoisotopic (exact) mass is 336 g/mol. The van der Waals surface area contributed by atoms with Crippen LogP contribution in [0.2, 0.25) is 0 Å². The SMILES string of the molecule is CS(=O)(=O)CCCOc1c(Br)cccc1C(=O)O. The van der Waals surface area contributed by atoms with Crippen LogP contribution in [0.4, 0.5) is 0 Å². The largest absolute Gasteiger partial charge is 0.491 e. The molecule has 0 atom stereocenters. The van der Waals surface area contributed by atoms with E-state index in [9.17, 15) is 13.2 Å². The predicted octanol–water partition coefficient (Wildman–Crippen LogP) is 1.96. The second-order valence-corrected chi connectivity index (χ2v) is 6.87. The maximum atomic E-state index is 11.0. The highest BCUT2D eigenvalue weighted by molar-refractivity contribution is 9.10. The highest BCUT2D eigenvalue weighted by Gasteiger charge is 2.14. The molecule has 0 spiro atoms. The summed E-state index contributed by atoms with van der Waals surface area (Å²) in [7, 11) is -3.02. The number of hydrogen-bond donors (Lipinski definition) is 1. The quantitative estimate of drug-likeness (QED) is 0.803. The fourth-order valence-corrected chi connectivity index (χ4v) is 2.44. The van der Waals surface area contributed by atoms with Gasteiger partial charge in [-0.25, -0.2) is 13.2 Å². The highest BCUT2D eigenvalue weighted by atomic mass is 79.9. The van der Waals surface area contributed by atoms with E-state index >= 15 is 0 Å². The Labute approximate surface area is 114 Å². The van der Waals surface area contributed by atoms with Gasteiger partial charge in [-0.2, -0.15) is 0 Å². The van der Waals surface area contributed by atoms with E-state index in [0.29, 0.717) is 10.9 Å². The number of halogens is 1. The molecule has 0 aliphatic carbocycles. The maximum Gasteiger partial charge on any atom is 0.339 e. The zero-order chi connectivity index (χ0) is 13.8. The summed E-state index contributed by atoms with van der Waals surface area (Å²) in [5.74, 6) is -0.854. The minimum absolute atomic E-state index is 0.0137. The molecule has 0 radical (unpaired) electrons. The molecular formula is C11H13BrO5S. The summed E-state index contributed by atoms with van der Waals surface area (Å²) in [6.07, 6.45) is 1.47. The number of carboxylic acid groups (broad SMARTS) is 1. The van der Waals surface area contributed by atoms with Gasteiger partial charge < -0.3 is 9.84 Å². The van der Waals surface area contributed by atoms with E-state index in [0.717, 1.165) is 6.26 Å². The third kappa shape index (κ3) is 4.66. The second kappa shape index (κ2) is 6.19. The van der Waals surface area contributed by atoms with Gasteiger partial charge in [0.15, 0.2) is 0 Å². The Bertz CT molecular complexity index is 538. The molecule has 1 N–H and O–H groups in total. The standard InChI is InChI=1S/C11H13BrO5S/c1-18(15,16)7-3-6-17-10-8(11(13)14)4-2-5-9(10)12/h2,4-5H,3,6-7H2,1H3,(H,13,14). The zero-order valence-electron chi connectivity index (χ0n) is 9.72. The Morgan fingerprint density at radius 2 is 2.11 bits per heavy atom. The van der Waals surface area contributed by atoms with E-state index in [-0.39, 0.29) is 23.7 Å². The highest BCUT2D eigenvalue weighted by Crippen LogP contribution is 2.29. The van der Waals surface area contributed by atoms with Gasteiger partial charge in [0.1, 0.15) is 21.2 Å². The maximum absolute atomic E-state index is 11.0. The van der Waals surface area contributed by atoms with Crippen molar-refractivity contribution in [1.29, 1.82) is 0 Å². The van der Waals surface area contributed by atoms with Crippen molar-refractivity contribution in [3.05, 3.63) is 28.2 Å². The summed E-state index contributed by atoms with van der Waals surface area (Å²) < 4.78 is 27.7. The molecule has 0 aromatic heterocycles. The molecular weight excluding hydrogens is 324 g/mol. The molecule has 0 unspecified atom stereocenters. The van der Waals surface area contributed by atoms with Crippen LogP contribution in [0.15, 0.2) is 22.7 Å². The van der Waals surface area contributed by atoms with Gasteiger partial charge >= 0.3 is 5.97 Å². The summed E-state index contributed by atoms with van der Waals surface area (Å²) in [6, 6.07) is 4.69. The molecule has 1 aromatic carbocycles. The van der Waals surface area contributed by atoms with E-state index in [4.69, 9.17) is 9.84 Å². The molecule has 0 aliphatic heterocycles. The van der Waals surface area contributed by atoms with Crippen LogP contribution in [-0.4, -0.2) is 38.1 Å². The molecule has 5 nitrogen and oxygen atoms in total. The molecule has 1 rings (SSSR count). The number of aromatic carboxylic acids is 1. The lowest BCUT2D eigenvalue weighted by molar-refractivity contribution is 0.0692. The normalized spacial score (nSPS) is 11.2. The van der Waals surface area contributed by atoms with Crippen molar-refractivity contribution in [2.45, 2.75) is 6.42 Å². The van der Waals surface area contributed by atoms with E-state index in [1.54, 1.807) is 12.1 Å². The topological polar surface area (TPSA) is 80.7 Å². The number of rotatable bonds is 6. The van der Waals surface area contributed by atoms with Crippen molar-refractivity contribution in [2.75, 3.05) is 18.6 Å². The molecule has 0 amide bonds. The molecule has 18 heavy (non-hydrogen) atoms. The van der Waals surface area contributed by atoms with Crippen LogP contribution < -0.4 is 4.74 Å². The molecule has 0 fully saturated rings. The van der Waals surface area contributed by atoms with Gasteiger partial charge in [0.25, 0.3) is 0 Å². The number of carboxylic acids is 1. The average molecular weight is 337 g/mol. The smallest absolute Gasteiger partial charge is 0.339 e. The summed E-state index contributed by atoms with van der Waals surface area (Å²) in [5, 5.41) is 8.98. The Hall–Kier alpha value is -1.08. The summed E-state index contributed by atoms with van der Waals surface area (Å²) in [5.41, 5.74) is 0.0451. The van der Waals surface area contributed by atoms with Gasteiger partial charge in [0, 0.05) is 6.26 Å². The van der Waals surface area contributed by atoms with Crippen molar-refractivity contribution in [3.8, 4) is 5.75 Å². The molecule has 1 aromatic rings. The molecule has 0 saturated heterocycles. The third-order valence-electron chi connectivity index (χ3n) is 2.10. The van der Waals surface area contributed by atoms with Crippen LogP contribution in [0.1, 0.15) is 16.8 Å².